The van der Waals surface area contributed by atoms with E-state index in [-0.39, 0.29) is 0 Å². The molecule has 5 heteroatoms. The van der Waals surface area contributed by atoms with Gasteiger partial charge in [-0.3, -0.25) is 4.98 Å². The highest BCUT2D eigenvalue weighted by Gasteiger charge is 2.18. The Kier molecular flexibility index (Phi) is 4.72. The molecule has 1 rings (SSSR count). The van der Waals surface area contributed by atoms with Crippen molar-refractivity contribution in [3.05, 3.63) is 24.0 Å². The maximum Gasteiger partial charge on any atom is 0.339 e. The zero-order valence-corrected chi connectivity index (χ0v) is 9.34. The van der Waals surface area contributed by atoms with Crippen molar-refractivity contribution in [1.82, 2.24) is 4.98 Å². The van der Waals surface area contributed by atoms with Crippen LogP contribution < -0.4 is 4.74 Å². The number of aliphatic hydroxyl groups is 1. The van der Waals surface area contributed by atoms with Crippen LogP contribution in [0.15, 0.2) is 18.5 Å². The van der Waals surface area contributed by atoms with Crippen molar-refractivity contribution in [1.29, 1.82) is 0 Å². The van der Waals surface area contributed by atoms with Crippen molar-refractivity contribution in [2.24, 2.45) is 0 Å². The fourth-order valence-electron chi connectivity index (χ4n) is 1.13. The van der Waals surface area contributed by atoms with E-state index >= 15 is 0 Å². The monoisotopic (exact) mass is 225 g/mol. The first-order chi connectivity index (χ1) is 7.69. The van der Waals surface area contributed by atoms with E-state index in [1.54, 1.807) is 6.07 Å². The lowest BCUT2D eigenvalue weighted by Crippen LogP contribution is -2.13. The lowest BCUT2D eigenvalue weighted by atomic mass is 10.1. The number of aliphatic hydroxyl groups excluding tert-OH is 1. The van der Waals surface area contributed by atoms with E-state index < -0.39 is 12.1 Å². The number of carbonyl (C=O) groups is 1. The molecular formula is C11H15NO4. The normalized spacial score (nSPS) is 11.9. The lowest BCUT2D eigenvalue weighted by molar-refractivity contribution is -0.150. The van der Waals surface area contributed by atoms with Gasteiger partial charge in [-0.05, 0) is 12.5 Å². The van der Waals surface area contributed by atoms with Gasteiger partial charge in [0, 0.05) is 11.8 Å². The van der Waals surface area contributed by atoms with Gasteiger partial charge in [-0.25, -0.2) is 4.79 Å². The summed E-state index contributed by atoms with van der Waals surface area (Å²) in [5.74, 6) is -0.184. The number of nitrogens with zero attached hydrogens (tertiary/aromatic N) is 1. The number of carbonyl (C=O) groups excluding carboxylic acids is 1. The highest BCUT2D eigenvalue weighted by Crippen LogP contribution is 2.18. The van der Waals surface area contributed by atoms with Gasteiger partial charge >= 0.3 is 5.97 Å². The predicted octanol–water partition coefficient (Wildman–Crippen LogP) is 1.08. The molecule has 0 saturated carbocycles. The Morgan fingerprint density at radius 3 is 2.94 bits per heavy atom. The molecule has 0 amide bonds. The molecule has 1 aromatic heterocycles. The average molecular weight is 225 g/mol. The number of pyridine rings is 1. The molecule has 5 nitrogen and oxygen atoms in total. The quantitative estimate of drug-likeness (QED) is 0.759. The van der Waals surface area contributed by atoms with Crippen LogP contribution in [0.4, 0.5) is 0 Å². The molecule has 1 N–H and O–H groups in total. The van der Waals surface area contributed by atoms with Crippen LogP contribution in [0, 0.1) is 0 Å². The number of esters is 1. The fraction of sp³-hybridized carbons (Fsp3) is 0.455. The van der Waals surface area contributed by atoms with Crippen LogP contribution in [0.1, 0.15) is 25.0 Å². The second-order valence-corrected chi connectivity index (χ2v) is 3.23. The molecule has 0 saturated heterocycles. The highest BCUT2D eigenvalue weighted by atomic mass is 16.5. The Hall–Kier alpha value is -1.62. The second kappa shape index (κ2) is 6.07. The summed E-state index contributed by atoms with van der Waals surface area (Å²) in [6.07, 6.45) is 2.50. The Morgan fingerprint density at radius 1 is 1.56 bits per heavy atom. The van der Waals surface area contributed by atoms with Crippen molar-refractivity contribution < 1.29 is 19.4 Å². The molecule has 0 aromatic carbocycles. The molecule has 0 aliphatic carbocycles. The summed E-state index contributed by atoms with van der Waals surface area (Å²) in [7, 11) is 1.22. The third-order valence-electron chi connectivity index (χ3n) is 1.95. The van der Waals surface area contributed by atoms with E-state index in [0.29, 0.717) is 17.9 Å². The van der Waals surface area contributed by atoms with Crippen LogP contribution in [0.3, 0.4) is 0 Å². The molecule has 1 heterocycles. The van der Waals surface area contributed by atoms with E-state index in [1.165, 1.54) is 19.5 Å². The van der Waals surface area contributed by atoms with Crippen LogP contribution in [0.25, 0.3) is 0 Å². The lowest BCUT2D eigenvalue weighted by Gasteiger charge is -2.10. The van der Waals surface area contributed by atoms with Crippen molar-refractivity contribution in [3.63, 3.8) is 0 Å². The Morgan fingerprint density at radius 2 is 2.31 bits per heavy atom. The van der Waals surface area contributed by atoms with E-state index in [0.717, 1.165) is 6.42 Å². The number of rotatable bonds is 5. The fourth-order valence-corrected chi connectivity index (χ4v) is 1.13. The van der Waals surface area contributed by atoms with E-state index in [9.17, 15) is 9.90 Å². The van der Waals surface area contributed by atoms with E-state index in [1.807, 2.05) is 6.92 Å². The number of aromatic nitrogens is 1. The predicted molar refractivity (Wildman–Crippen MR) is 57.0 cm³/mol. The number of hydrogen-bond acceptors (Lipinski definition) is 5. The molecule has 0 radical (unpaired) electrons. The summed E-state index contributed by atoms with van der Waals surface area (Å²) in [6.45, 7) is 2.56. The third kappa shape index (κ3) is 3.20. The van der Waals surface area contributed by atoms with Gasteiger partial charge in [0.15, 0.2) is 6.10 Å². The summed E-state index contributed by atoms with van der Waals surface area (Å²) < 4.78 is 9.76. The molecular weight excluding hydrogens is 210 g/mol. The molecule has 1 unspecified atom stereocenters. The van der Waals surface area contributed by atoms with Gasteiger partial charge in [0.05, 0.1) is 19.9 Å². The molecule has 16 heavy (non-hydrogen) atoms. The summed E-state index contributed by atoms with van der Waals surface area (Å²) in [5, 5.41) is 9.57. The minimum Gasteiger partial charge on any atom is -0.492 e. The topological polar surface area (TPSA) is 68.7 Å². The maximum atomic E-state index is 11.1. The molecule has 1 aromatic rings. The number of hydrogen-bond donors (Lipinski definition) is 1. The molecule has 1 atom stereocenters. The van der Waals surface area contributed by atoms with Gasteiger partial charge in [-0.15, -0.1) is 0 Å². The van der Waals surface area contributed by atoms with Crippen molar-refractivity contribution in [2.75, 3.05) is 13.7 Å². The highest BCUT2D eigenvalue weighted by molar-refractivity contribution is 5.76. The molecule has 0 spiro atoms. The third-order valence-corrected chi connectivity index (χ3v) is 1.95. The number of ether oxygens (including phenoxy) is 2. The van der Waals surface area contributed by atoms with Crippen LogP contribution in [0.2, 0.25) is 0 Å². The summed E-state index contributed by atoms with van der Waals surface area (Å²) in [5.41, 5.74) is 0.362. The summed E-state index contributed by atoms with van der Waals surface area (Å²) in [4.78, 5) is 15.0. The van der Waals surface area contributed by atoms with Crippen molar-refractivity contribution in [3.8, 4) is 5.75 Å². The largest absolute Gasteiger partial charge is 0.492 e. The Labute approximate surface area is 94.0 Å². The zero-order chi connectivity index (χ0) is 12.0. The molecule has 0 aliphatic rings. The molecule has 0 bridgehead atoms. The van der Waals surface area contributed by atoms with Crippen LogP contribution in [-0.4, -0.2) is 29.8 Å². The van der Waals surface area contributed by atoms with Gasteiger partial charge in [0.25, 0.3) is 0 Å². The molecule has 0 aliphatic heterocycles. The van der Waals surface area contributed by atoms with Crippen molar-refractivity contribution in [2.45, 2.75) is 19.4 Å². The standard InChI is InChI=1S/C11H15NO4/c1-3-4-16-9-5-8(6-12-7-9)10(13)11(14)15-2/h5-7,10,13H,3-4H2,1-2H3. The average Bonchev–Trinajstić information content (AvgIpc) is 2.34. The first-order valence-electron chi connectivity index (χ1n) is 5.02. The van der Waals surface area contributed by atoms with Crippen LogP contribution in [-0.2, 0) is 9.53 Å². The maximum absolute atomic E-state index is 11.1. The van der Waals surface area contributed by atoms with Gasteiger partial charge in [0.2, 0.25) is 0 Å². The summed E-state index contributed by atoms with van der Waals surface area (Å²) >= 11 is 0. The second-order valence-electron chi connectivity index (χ2n) is 3.23. The van der Waals surface area contributed by atoms with Gasteiger partial charge < -0.3 is 14.6 Å². The smallest absolute Gasteiger partial charge is 0.339 e. The molecule has 0 fully saturated rings. The Balaban J connectivity index is 2.77. The van der Waals surface area contributed by atoms with Crippen LogP contribution in [0.5, 0.6) is 5.75 Å². The van der Waals surface area contributed by atoms with Crippen LogP contribution >= 0.6 is 0 Å². The zero-order valence-electron chi connectivity index (χ0n) is 9.34. The van der Waals surface area contributed by atoms with Gasteiger partial charge in [-0.2, -0.15) is 0 Å². The van der Waals surface area contributed by atoms with Gasteiger partial charge in [0.1, 0.15) is 5.75 Å². The summed E-state index contributed by atoms with van der Waals surface area (Å²) in [6, 6.07) is 1.57. The molecule has 88 valence electrons. The van der Waals surface area contributed by atoms with E-state index in [4.69, 9.17) is 4.74 Å². The van der Waals surface area contributed by atoms with Gasteiger partial charge in [-0.1, -0.05) is 6.92 Å². The minimum atomic E-state index is -1.32. The van der Waals surface area contributed by atoms with E-state index in [2.05, 4.69) is 9.72 Å². The Bertz CT molecular complexity index is 354. The minimum absolute atomic E-state index is 0.362. The first kappa shape index (κ1) is 12.4. The first-order valence-corrected chi connectivity index (χ1v) is 5.02. The SMILES string of the molecule is CCCOc1cncc(C(O)C(=O)OC)c1. The van der Waals surface area contributed by atoms with Crippen molar-refractivity contribution >= 4 is 5.97 Å². The number of methoxy groups -OCH3 is 1.